The van der Waals surface area contributed by atoms with Crippen LogP contribution in [0, 0.1) is 5.92 Å². The van der Waals surface area contributed by atoms with Crippen LogP contribution in [0.25, 0.3) is 0 Å². The smallest absolute Gasteiger partial charge is 0.188 e. The van der Waals surface area contributed by atoms with E-state index in [2.05, 4.69) is 36.3 Å². The second kappa shape index (κ2) is 10.3. The Balaban J connectivity index is 2.04. The molecule has 0 spiro atoms. The lowest BCUT2D eigenvalue weighted by atomic mass is 10.1. The molecular formula is C16H27N3O. The van der Waals surface area contributed by atoms with Crippen molar-refractivity contribution in [1.82, 2.24) is 5.32 Å². The zero-order valence-corrected chi connectivity index (χ0v) is 12.6. The van der Waals surface area contributed by atoms with Crippen molar-refractivity contribution in [2.24, 2.45) is 16.6 Å². The topological polar surface area (TPSA) is 59.6 Å². The predicted octanol–water partition coefficient (Wildman–Crippen LogP) is 2.20. The van der Waals surface area contributed by atoms with Crippen LogP contribution < -0.4 is 11.1 Å². The molecular weight excluding hydrogens is 250 g/mol. The number of nitrogens with zero attached hydrogens (tertiary/aromatic N) is 1. The quantitative estimate of drug-likeness (QED) is 0.413. The summed E-state index contributed by atoms with van der Waals surface area (Å²) in [6.45, 7) is 7.37. The average Bonchev–Trinajstić information content (AvgIpc) is 2.43. The molecule has 0 heterocycles. The predicted molar refractivity (Wildman–Crippen MR) is 84.9 cm³/mol. The highest BCUT2D eigenvalue weighted by atomic mass is 16.5. The minimum absolute atomic E-state index is 0.518. The monoisotopic (exact) mass is 277 g/mol. The second-order valence-electron chi connectivity index (χ2n) is 5.25. The van der Waals surface area contributed by atoms with E-state index in [0.717, 1.165) is 32.6 Å². The molecule has 0 amide bonds. The fraction of sp³-hybridized carbons (Fsp3) is 0.562. The molecule has 4 heteroatoms. The van der Waals surface area contributed by atoms with Crippen LogP contribution in [0.3, 0.4) is 0 Å². The summed E-state index contributed by atoms with van der Waals surface area (Å²) in [6.07, 6.45) is 1.86. The van der Waals surface area contributed by atoms with Gasteiger partial charge in [-0.2, -0.15) is 0 Å². The number of rotatable bonds is 9. The van der Waals surface area contributed by atoms with Crippen LogP contribution in [0.5, 0.6) is 0 Å². The van der Waals surface area contributed by atoms with E-state index in [9.17, 15) is 0 Å². The molecule has 0 atom stereocenters. The minimum Gasteiger partial charge on any atom is -0.381 e. The number of nitrogens with two attached hydrogens (primary N) is 1. The molecule has 0 radical (unpaired) electrons. The van der Waals surface area contributed by atoms with E-state index in [-0.39, 0.29) is 0 Å². The first-order valence-corrected chi connectivity index (χ1v) is 7.34. The van der Waals surface area contributed by atoms with E-state index in [4.69, 9.17) is 10.5 Å². The lowest BCUT2D eigenvalue weighted by molar-refractivity contribution is 0.109. The molecule has 1 aromatic rings. The summed E-state index contributed by atoms with van der Waals surface area (Å²) in [5.41, 5.74) is 7.10. The van der Waals surface area contributed by atoms with Crippen molar-refractivity contribution < 1.29 is 4.74 Å². The molecule has 112 valence electrons. The maximum absolute atomic E-state index is 5.80. The van der Waals surface area contributed by atoms with Crippen LogP contribution >= 0.6 is 0 Å². The summed E-state index contributed by atoms with van der Waals surface area (Å²) in [5, 5.41) is 3.13. The number of ether oxygens (including phenoxy) is 1. The van der Waals surface area contributed by atoms with E-state index in [1.807, 2.05) is 18.2 Å². The number of guanidine groups is 1. The average molecular weight is 277 g/mol. The van der Waals surface area contributed by atoms with Crippen molar-refractivity contribution in [2.75, 3.05) is 26.3 Å². The van der Waals surface area contributed by atoms with Crippen LogP contribution in [0.4, 0.5) is 0 Å². The Morgan fingerprint density at radius 2 is 2.05 bits per heavy atom. The normalized spacial score (nSPS) is 11.8. The van der Waals surface area contributed by atoms with Crippen LogP contribution in [-0.4, -0.2) is 32.3 Å². The molecule has 20 heavy (non-hydrogen) atoms. The summed E-state index contributed by atoms with van der Waals surface area (Å²) >= 11 is 0. The van der Waals surface area contributed by atoms with Crippen molar-refractivity contribution in [2.45, 2.75) is 26.7 Å². The summed E-state index contributed by atoms with van der Waals surface area (Å²) in [5.74, 6) is 1.10. The summed E-state index contributed by atoms with van der Waals surface area (Å²) < 4.78 is 5.49. The second-order valence-corrected chi connectivity index (χ2v) is 5.25. The van der Waals surface area contributed by atoms with Gasteiger partial charge in [0.25, 0.3) is 0 Å². The van der Waals surface area contributed by atoms with Gasteiger partial charge in [0.1, 0.15) is 0 Å². The van der Waals surface area contributed by atoms with Gasteiger partial charge in [-0.15, -0.1) is 0 Å². The maximum atomic E-state index is 5.80. The van der Waals surface area contributed by atoms with Gasteiger partial charge in [-0.25, -0.2) is 0 Å². The third-order valence-corrected chi connectivity index (χ3v) is 2.74. The number of hydrogen-bond acceptors (Lipinski definition) is 2. The van der Waals surface area contributed by atoms with Gasteiger partial charge in [0.2, 0.25) is 0 Å². The molecule has 0 aliphatic rings. The molecule has 1 aromatic carbocycles. The molecule has 0 aliphatic heterocycles. The molecule has 0 unspecified atom stereocenters. The fourth-order valence-electron chi connectivity index (χ4n) is 1.72. The van der Waals surface area contributed by atoms with E-state index >= 15 is 0 Å². The molecule has 4 nitrogen and oxygen atoms in total. The standard InChI is InChI=1S/C16H27N3O/c1-14(2)13-20-12-6-10-18-16(17)19-11-9-15-7-4-3-5-8-15/h3-5,7-8,14H,6,9-13H2,1-2H3,(H3,17,18,19). The lowest BCUT2D eigenvalue weighted by Gasteiger charge is -2.07. The first kappa shape index (κ1) is 16.5. The van der Waals surface area contributed by atoms with Gasteiger partial charge in [0, 0.05) is 26.3 Å². The summed E-state index contributed by atoms with van der Waals surface area (Å²) in [7, 11) is 0. The number of nitrogens with one attached hydrogen (secondary N) is 1. The molecule has 0 saturated carbocycles. The lowest BCUT2D eigenvalue weighted by Crippen LogP contribution is -2.33. The zero-order chi connectivity index (χ0) is 14.6. The molecule has 1 rings (SSSR count). The first-order valence-electron chi connectivity index (χ1n) is 7.34. The number of hydrogen-bond donors (Lipinski definition) is 2. The maximum Gasteiger partial charge on any atom is 0.188 e. The van der Waals surface area contributed by atoms with Gasteiger partial charge in [0.15, 0.2) is 5.96 Å². The molecule has 0 saturated heterocycles. The Kier molecular flexibility index (Phi) is 8.47. The van der Waals surface area contributed by atoms with Gasteiger partial charge >= 0.3 is 0 Å². The highest BCUT2D eigenvalue weighted by molar-refractivity contribution is 5.77. The summed E-state index contributed by atoms with van der Waals surface area (Å²) in [6, 6.07) is 10.3. The third kappa shape index (κ3) is 8.53. The van der Waals surface area contributed by atoms with Crippen LogP contribution in [0.2, 0.25) is 0 Å². The Bertz CT molecular complexity index is 377. The Morgan fingerprint density at radius 3 is 2.75 bits per heavy atom. The van der Waals surface area contributed by atoms with E-state index in [1.165, 1.54) is 5.56 Å². The van der Waals surface area contributed by atoms with Crippen molar-refractivity contribution >= 4 is 5.96 Å². The zero-order valence-electron chi connectivity index (χ0n) is 12.6. The SMILES string of the molecule is CC(C)COCCCN=C(N)NCCc1ccccc1. The number of aliphatic imine (C=N–C) groups is 1. The molecule has 0 aliphatic carbocycles. The third-order valence-electron chi connectivity index (χ3n) is 2.74. The van der Waals surface area contributed by atoms with Crippen LogP contribution in [0.1, 0.15) is 25.8 Å². The van der Waals surface area contributed by atoms with E-state index in [1.54, 1.807) is 0 Å². The van der Waals surface area contributed by atoms with Crippen molar-refractivity contribution in [3.05, 3.63) is 35.9 Å². The number of benzene rings is 1. The Morgan fingerprint density at radius 1 is 1.30 bits per heavy atom. The molecule has 0 aromatic heterocycles. The van der Waals surface area contributed by atoms with Crippen molar-refractivity contribution in [1.29, 1.82) is 0 Å². The molecule has 0 fully saturated rings. The largest absolute Gasteiger partial charge is 0.381 e. The van der Waals surface area contributed by atoms with Crippen LogP contribution in [-0.2, 0) is 11.2 Å². The first-order chi connectivity index (χ1) is 9.68. The van der Waals surface area contributed by atoms with E-state index in [0.29, 0.717) is 18.4 Å². The van der Waals surface area contributed by atoms with Crippen molar-refractivity contribution in [3.8, 4) is 0 Å². The summed E-state index contributed by atoms with van der Waals surface area (Å²) in [4.78, 5) is 4.28. The van der Waals surface area contributed by atoms with Crippen LogP contribution in [0.15, 0.2) is 35.3 Å². The van der Waals surface area contributed by atoms with Gasteiger partial charge in [-0.3, -0.25) is 4.99 Å². The Labute approximate surface area is 122 Å². The van der Waals surface area contributed by atoms with Gasteiger partial charge in [-0.1, -0.05) is 44.2 Å². The van der Waals surface area contributed by atoms with Crippen molar-refractivity contribution in [3.63, 3.8) is 0 Å². The van der Waals surface area contributed by atoms with Gasteiger partial charge < -0.3 is 15.8 Å². The highest BCUT2D eigenvalue weighted by Crippen LogP contribution is 1.98. The van der Waals surface area contributed by atoms with Gasteiger partial charge in [-0.05, 0) is 24.3 Å². The Hall–Kier alpha value is -1.55. The van der Waals surface area contributed by atoms with Gasteiger partial charge in [0.05, 0.1) is 0 Å². The molecule has 3 N–H and O–H groups in total. The van der Waals surface area contributed by atoms with E-state index < -0.39 is 0 Å². The minimum atomic E-state index is 0.518. The highest BCUT2D eigenvalue weighted by Gasteiger charge is 1.95. The molecule has 0 bridgehead atoms. The fourth-order valence-corrected chi connectivity index (χ4v) is 1.72.